The van der Waals surface area contributed by atoms with Crippen molar-refractivity contribution in [2.75, 3.05) is 45.1 Å². The fourth-order valence-electron chi connectivity index (χ4n) is 4.84. The zero-order valence-electron chi connectivity index (χ0n) is 19.0. The molecule has 4 heterocycles. The van der Waals surface area contributed by atoms with Gasteiger partial charge in [-0.15, -0.1) is 0 Å². The largest absolute Gasteiger partial charge is 0.383 e. The van der Waals surface area contributed by atoms with Gasteiger partial charge in [0.05, 0.1) is 30.8 Å². The number of carbonyl (C=O) groups is 1. The Bertz CT molecular complexity index is 1130. The molecule has 2 aliphatic heterocycles. The fraction of sp³-hybridized carbons (Fsp3) is 0.440. The van der Waals surface area contributed by atoms with Gasteiger partial charge in [-0.25, -0.2) is 15.0 Å². The van der Waals surface area contributed by atoms with Crippen molar-refractivity contribution >= 4 is 22.8 Å². The van der Waals surface area contributed by atoms with Crippen molar-refractivity contribution in [3.63, 3.8) is 0 Å². The average Bonchev–Trinajstić information content (AvgIpc) is 2.84. The van der Waals surface area contributed by atoms with E-state index in [2.05, 4.69) is 50.2 Å². The summed E-state index contributed by atoms with van der Waals surface area (Å²) in [5.74, 6) is 1.76. The van der Waals surface area contributed by atoms with Crippen molar-refractivity contribution in [1.29, 1.82) is 0 Å². The third-order valence-electron chi connectivity index (χ3n) is 6.69. The van der Waals surface area contributed by atoms with Gasteiger partial charge < -0.3 is 15.4 Å². The summed E-state index contributed by atoms with van der Waals surface area (Å²) in [4.78, 5) is 30.5. The van der Waals surface area contributed by atoms with Crippen molar-refractivity contribution in [2.24, 2.45) is 0 Å². The molecule has 0 bridgehead atoms. The topological polar surface area (TPSA) is 97.5 Å². The summed E-state index contributed by atoms with van der Waals surface area (Å²) in [6.45, 7) is 5.76. The van der Waals surface area contributed by atoms with Crippen LogP contribution in [0.25, 0.3) is 11.0 Å². The van der Waals surface area contributed by atoms with Gasteiger partial charge in [0.1, 0.15) is 17.7 Å². The van der Waals surface area contributed by atoms with E-state index in [0.717, 1.165) is 37.0 Å². The highest BCUT2D eigenvalue weighted by Crippen LogP contribution is 2.28. The molecule has 2 N–H and O–H groups in total. The van der Waals surface area contributed by atoms with E-state index < -0.39 is 0 Å². The molecule has 33 heavy (non-hydrogen) atoms. The fourth-order valence-corrected chi connectivity index (χ4v) is 4.84. The van der Waals surface area contributed by atoms with Gasteiger partial charge in [0.15, 0.2) is 5.65 Å². The predicted molar refractivity (Wildman–Crippen MR) is 127 cm³/mol. The van der Waals surface area contributed by atoms with E-state index in [1.54, 1.807) is 6.92 Å². The van der Waals surface area contributed by atoms with Gasteiger partial charge in [0.25, 0.3) is 0 Å². The Balaban J connectivity index is 1.19. The van der Waals surface area contributed by atoms with Crippen LogP contribution in [0.4, 0.5) is 5.82 Å². The van der Waals surface area contributed by atoms with Crippen LogP contribution in [-0.4, -0.2) is 70.0 Å². The van der Waals surface area contributed by atoms with Crippen LogP contribution in [0.1, 0.15) is 41.9 Å². The standard InChI is InChI=1S/C25H30N6O2/c1-17-27-24(26)20-7-8-21(29-25(20)28-17)22-15-31(13-14-33-22)23(32)16-30-11-9-19(10-12-30)18-5-3-2-4-6-18/h2-8,19,22H,9-16H2,1H3,(H2,26,27,28,29)/t22-/m1/s1. The number of hydrogen-bond donors (Lipinski definition) is 1. The first-order valence-electron chi connectivity index (χ1n) is 11.6. The number of pyridine rings is 1. The number of hydrogen-bond acceptors (Lipinski definition) is 7. The van der Waals surface area contributed by atoms with E-state index >= 15 is 0 Å². The summed E-state index contributed by atoms with van der Waals surface area (Å²) < 4.78 is 5.96. The van der Waals surface area contributed by atoms with Crippen molar-refractivity contribution in [3.05, 3.63) is 59.5 Å². The molecule has 0 unspecified atom stereocenters. The number of benzene rings is 1. The van der Waals surface area contributed by atoms with Crippen LogP contribution in [0.2, 0.25) is 0 Å². The quantitative estimate of drug-likeness (QED) is 0.658. The van der Waals surface area contributed by atoms with Crippen LogP contribution in [0.3, 0.4) is 0 Å². The second kappa shape index (κ2) is 9.41. The first-order chi connectivity index (χ1) is 16.1. The zero-order valence-corrected chi connectivity index (χ0v) is 19.0. The number of aromatic nitrogens is 3. The first kappa shape index (κ1) is 21.7. The number of morpholine rings is 1. The summed E-state index contributed by atoms with van der Waals surface area (Å²) in [6.07, 6.45) is 1.91. The number of fused-ring (bicyclic) bond motifs is 1. The third-order valence-corrected chi connectivity index (χ3v) is 6.69. The lowest BCUT2D eigenvalue weighted by Gasteiger charge is -2.36. The SMILES string of the molecule is Cc1nc(N)c2ccc([C@H]3CN(C(=O)CN4CCC(c5ccccc5)CC4)CCO3)nc2n1. The highest BCUT2D eigenvalue weighted by molar-refractivity contribution is 5.85. The number of ether oxygens (including phenoxy) is 1. The van der Waals surface area contributed by atoms with Gasteiger partial charge in [-0.05, 0) is 56.5 Å². The van der Waals surface area contributed by atoms with Gasteiger partial charge in [-0.1, -0.05) is 30.3 Å². The molecule has 1 aromatic carbocycles. The van der Waals surface area contributed by atoms with Crippen molar-refractivity contribution in [2.45, 2.75) is 31.8 Å². The first-order valence-corrected chi connectivity index (χ1v) is 11.6. The summed E-state index contributed by atoms with van der Waals surface area (Å²) in [5.41, 5.74) is 8.73. The molecule has 8 nitrogen and oxygen atoms in total. The molecule has 0 aliphatic carbocycles. The van der Waals surface area contributed by atoms with E-state index in [1.165, 1.54) is 5.56 Å². The minimum absolute atomic E-state index is 0.157. The van der Waals surface area contributed by atoms with Gasteiger partial charge >= 0.3 is 0 Å². The molecular weight excluding hydrogens is 416 g/mol. The Morgan fingerprint density at radius 1 is 1.06 bits per heavy atom. The van der Waals surface area contributed by atoms with Crippen LogP contribution in [0, 0.1) is 6.92 Å². The molecule has 2 aliphatic rings. The molecule has 2 aromatic heterocycles. The second-order valence-corrected chi connectivity index (χ2v) is 8.92. The molecular formula is C25H30N6O2. The van der Waals surface area contributed by atoms with Crippen LogP contribution >= 0.6 is 0 Å². The number of aryl methyl sites for hydroxylation is 1. The molecule has 1 atom stereocenters. The molecule has 5 rings (SSSR count). The number of nitrogen functional groups attached to an aromatic ring is 1. The van der Waals surface area contributed by atoms with E-state index in [-0.39, 0.29) is 12.0 Å². The maximum atomic E-state index is 13.1. The monoisotopic (exact) mass is 446 g/mol. The smallest absolute Gasteiger partial charge is 0.236 e. The number of nitrogens with two attached hydrogens (primary N) is 1. The van der Waals surface area contributed by atoms with Crippen LogP contribution in [-0.2, 0) is 9.53 Å². The Morgan fingerprint density at radius 3 is 2.64 bits per heavy atom. The molecule has 1 amide bonds. The number of anilines is 1. The molecule has 0 spiro atoms. The lowest BCUT2D eigenvalue weighted by atomic mass is 9.89. The Morgan fingerprint density at radius 2 is 1.85 bits per heavy atom. The molecule has 3 aromatic rings. The number of amides is 1. The van der Waals surface area contributed by atoms with Gasteiger partial charge in [-0.2, -0.15) is 0 Å². The van der Waals surface area contributed by atoms with Gasteiger partial charge in [0, 0.05) is 6.54 Å². The maximum absolute atomic E-state index is 13.1. The Labute approximate surface area is 193 Å². The van der Waals surface area contributed by atoms with Crippen LogP contribution < -0.4 is 5.73 Å². The Kier molecular flexibility index (Phi) is 6.20. The van der Waals surface area contributed by atoms with Crippen molar-refractivity contribution in [1.82, 2.24) is 24.8 Å². The van der Waals surface area contributed by atoms with Crippen LogP contribution in [0.5, 0.6) is 0 Å². The van der Waals surface area contributed by atoms with E-state index in [4.69, 9.17) is 10.5 Å². The third kappa shape index (κ3) is 4.82. The van der Waals surface area contributed by atoms with E-state index in [0.29, 0.717) is 49.4 Å². The number of likely N-dealkylation sites (tertiary alicyclic amines) is 1. The second-order valence-electron chi connectivity index (χ2n) is 8.92. The summed E-state index contributed by atoms with van der Waals surface area (Å²) in [5, 5.41) is 0.729. The zero-order chi connectivity index (χ0) is 22.8. The molecule has 0 radical (unpaired) electrons. The number of piperidine rings is 1. The van der Waals surface area contributed by atoms with Gasteiger partial charge in [-0.3, -0.25) is 9.69 Å². The van der Waals surface area contributed by atoms with Gasteiger partial charge in [0.2, 0.25) is 5.91 Å². The van der Waals surface area contributed by atoms with Crippen molar-refractivity contribution < 1.29 is 9.53 Å². The number of carbonyl (C=O) groups excluding carboxylic acids is 1. The van der Waals surface area contributed by atoms with Crippen molar-refractivity contribution in [3.8, 4) is 0 Å². The normalized spacial score (nSPS) is 20.3. The lowest BCUT2D eigenvalue weighted by molar-refractivity contribution is -0.140. The van der Waals surface area contributed by atoms with E-state index in [1.807, 2.05) is 17.0 Å². The molecule has 2 saturated heterocycles. The number of nitrogens with zero attached hydrogens (tertiary/aromatic N) is 5. The predicted octanol–water partition coefficient (Wildman–Crippen LogP) is 2.69. The summed E-state index contributed by atoms with van der Waals surface area (Å²) >= 11 is 0. The van der Waals surface area contributed by atoms with E-state index in [9.17, 15) is 4.79 Å². The number of rotatable bonds is 4. The lowest BCUT2D eigenvalue weighted by Crippen LogP contribution is -2.48. The average molecular weight is 447 g/mol. The minimum atomic E-state index is -0.271. The summed E-state index contributed by atoms with van der Waals surface area (Å²) in [6, 6.07) is 14.5. The summed E-state index contributed by atoms with van der Waals surface area (Å²) in [7, 11) is 0. The molecule has 2 fully saturated rings. The molecule has 172 valence electrons. The van der Waals surface area contributed by atoms with Crippen LogP contribution in [0.15, 0.2) is 42.5 Å². The highest BCUT2D eigenvalue weighted by Gasteiger charge is 2.29. The Hall–Kier alpha value is -3.10. The molecule has 8 heteroatoms. The minimum Gasteiger partial charge on any atom is -0.383 e. The molecule has 0 saturated carbocycles. The maximum Gasteiger partial charge on any atom is 0.236 e. The highest BCUT2D eigenvalue weighted by atomic mass is 16.5.